The minimum absolute atomic E-state index is 0. The first-order chi connectivity index (χ1) is 14.7. The quantitative estimate of drug-likeness (QED) is 0.681. The maximum atomic E-state index is 13.2. The van der Waals surface area contributed by atoms with Crippen LogP contribution in [0.4, 0.5) is 0 Å². The van der Waals surface area contributed by atoms with Crippen LogP contribution >= 0.6 is 24.8 Å². The Morgan fingerprint density at radius 1 is 1.12 bits per heavy atom. The van der Waals surface area contributed by atoms with Gasteiger partial charge in [-0.25, -0.2) is 0 Å². The van der Waals surface area contributed by atoms with Crippen LogP contribution in [0.3, 0.4) is 0 Å². The van der Waals surface area contributed by atoms with Crippen molar-refractivity contribution in [2.24, 2.45) is 5.92 Å². The summed E-state index contributed by atoms with van der Waals surface area (Å²) < 4.78 is 7.42. The molecule has 1 aromatic rings. The number of hydrogen-bond acceptors (Lipinski definition) is 5. The van der Waals surface area contributed by atoms with E-state index in [0.717, 1.165) is 70.9 Å². The predicted molar refractivity (Wildman–Crippen MR) is 129 cm³/mol. The first-order valence-electron chi connectivity index (χ1n) is 11.7. The largest absolute Gasteiger partial charge is 0.379 e. The number of hydrogen-bond donors (Lipinski definition) is 2. The molecule has 5 rings (SSSR count). The molecule has 1 aromatic heterocycles. The third-order valence-corrected chi connectivity index (χ3v) is 7.80. The zero-order chi connectivity index (χ0) is 20.6. The van der Waals surface area contributed by atoms with E-state index in [1.807, 2.05) is 10.6 Å². The molecule has 9 heteroatoms. The fourth-order valence-electron chi connectivity index (χ4n) is 6.16. The van der Waals surface area contributed by atoms with Gasteiger partial charge in [0.25, 0.3) is 11.5 Å². The minimum atomic E-state index is -0.220. The second-order valence-electron chi connectivity index (χ2n) is 9.61. The number of halogens is 2. The number of nitrogens with one attached hydrogen (secondary N) is 2. The molecule has 3 fully saturated rings. The molecule has 180 valence electrons. The van der Waals surface area contributed by atoms with E-state index in [4.69, 9.17) is 4.74 Å². The summed E-state index contributed by atoms with van der Waals surface area (Å²) in [6, 6.07) is 3.75. The van der Waals surface area contributed by atoms with Crippen molar-refractivity contribution in [3.63, 3.8) is 0 Å². The molecule has 1 amide bonds. The lowest BCUT2D eigenvalue weighted by Crippen LogP contribution is -2.59. The molecule has 3 aliphatic heterocycles. The van der Waals surface area contributed by atoms with Gasteiger partial charge in [0, 0.05) is 49.9 Å². The van der Waals surface area contributed by atoms with E-state index in [1.54, 1.807) is 6.07 Å². The van der Waals surface area contributed by atoms with E-state index in [2.05, 4.69) is 15.5 Å². The molecule has 4 aliphatic rings. The molecule has 2 N–H and O–H groups in total. The average Bonchev–Trinajstić information content (AvgIpc) is 2.80. The lowest BCUT2D eigenvalue weighted by Gasteiger charge is -2.48. The van der Waals surface area contributed by atoms with Crippen LogP contribution in [0.5, 0.6) is 0 Å². The topological polar surface area (TPSA) is 75.6 Å². The molecule has 2 atom stereocenters. The number of nitrogens with zero attached hydrogens (tertiary/aromatic N) is 2. The van der Waals surface area contributed by atoms with E-state index in [1.165, 1.54) is 19.3 Å². The van der Waals surface area contributed by atoms with Crippen molar-refractivity contribution in [3.05, 3.63) is 33.7 Å². The summed E-state index contributed by atoms with van der Waals surface area (Å²) >= 11 is 0. The van der Waals surface area contributed by atoms with Gasteiger partial charge >= 0.3 is 0 Å². The Balaban J connectivity index is 0.00000144. The standard InChI is InChI=1S/C23H34N4O3.2ClH/c28-21(25-16-23(6-2-1-3-7-23)26-8-10-30-11-9-26)19-4-5-20-18-12-17(13-24-14-18)15-27(20)22(19)29;;/h4-5,17-18,24H,1-3,6-16H2,(H,25,28);2*1H/t17-,18+;;/m0../s1. The highest BCUT2D eigenvalue weighted by molar-refractivity contribution is 5.93. The second kappa shape index (κ2) is 10.9. The van der Waals surface area contributed by atoms with Crippen LogP contribution in [0, 0.1) is 5.92 Å². The van der Waals surface area contributed by atoms with Gasteiger partial charge in [-0.3, -0.25) is 14.5 Å². The molecule has 1 saturated carbocycles. The van der Waals surface area contributed by atoms with Crippen molar-refractivity contribution in [2.75, 3.05) is 45.9 Å². The average molecular weight is 487 g/mol. The van der Waals surface area contributed by atoms with Gasteiger partial charge in [0.2, 0.25) is 0 Å². The van der Waals surface area contributed by atoms with Crippen molar-refractivity contribution in [1.29, 1.82) is 0 Å². The first kappa shape index (κ1) is 25.5. The Hall–Kier alpha value is -1.12. The highest BCUT2D eigenvalue weighted by atomic mass is 35.5. The van der Waals surface area contributed by atoms with Crippen LogP contribution in [0.15, 0.2) is 16.9 Å². The summed E-state index contributed by atoms with van der Waals surface area (Å²) in [5.74, 6) is 0.649. The highest BCUT2D eigenvalue weighted by Crippen LogP contribution is 2.34. The molecule has 32 heavy (non-hydrogen) atoms. The molecule has 2 saturated heterocycles. The Bertz CT molecular complexity index is 850. The summed E-state index contributed by atoms with van der Waals surface area (Å²) in [6.45, 7) is 6.59. The number of carbonyl (C=O) groups is 1. The predicted octanol–water partition coefficient (Wildman–Crippen LogP) is 2.16. The molecule has 1 aliphatic carbocycles. The van der Waals surface area contributed by atoms with Crippen molar-refractivity contribution in [3.8, 4) is 0 Å². The zero-order valence-electron chi connectivity index (χ0n) is 18.6. The van der Waals surface area contributed by atoms with Crippen LogP contribution in [0.2, 0.25) is 0 Å². The number of carbonyl (C=O) groups excluding carboxylic acids is 1. The molecular formula is C23H36Cl2N4O3. The fraction of sp³-hybridized carbons (Fsp3) is 0.739. The van der Waals surface area contributed by atoms with Crippen LogP contribution in [0.1, 0.15) is 60.5 Å². The number of morpholine rings is 1. The van der Waals surface area contributed by atoms with Gasteiger partial charge in [-0.05, 0) is 43.9 Å². The molecule has 7 nitrogen and oxygen atoms in total. The fourth-order valence-corrected chi connectivity index (χ4v) is 6.16. The van der Waals surface area contributed by atoms with Gasteiger partial charge < -0.3 is 19.9 Å². The van der Waals surface area contributed by atoms with E-state index >= 15 is 0 Å². The van der Waals surface area contributed by atoms with Crippen molar-refractivity contribution >= 4 is 30.7 Å². The Morgan fingerprint density at radius 3 is 2.62 bits per heavy atom. The normalized spacial score (nSPS) is 26.8. The Kier molecular flexibility index (Phi) is 8.66. The third kappa shape index (κ3) is 4.87. The van der Waals surface area contributed by atoms with Crippen LogP contribution < -0.4 is 16.2 Å². The van der Waals surface area contributed by atoms with E-state index in [9.17, 15) is 9.59 Å². The monoisotopic (exact) mass is 486 g/mol. The maximum Gasteiger partial charge on any atom is 0.263 e. The van der Waals surface area contributed by atoms with Crippen LogP contribution in [0.25, 0.3) is 0 Å². The summed E-state index contributed by atoms with van der Waals surface area (Å²) in [6.07, 6.45) is 7.01. The number of ether oxygens (including phenoxy) is 1. The summed E-state index contributed by atoms with van der Waals surface area (Å²) in [7, 11) is 0. The smallest absolute Gasteiger partial charge is 0.263 e. The summed E-state index contributed by atoms with van der Waals surface area (Å²) in [4.78, 5) is 28.8. The zero-order valence-corrected chi connectivity index (χ0v) is 20.3. The molecular weight excluding hydrogens is 451 g/mol. The number of fused-ring (bicyclic) bond motifs is 4. The van der Waals surface area contributed by atoms with Gasteiger partial charge in [0.15, 0.2) is 0 Å². The Labute approximate surface area is 202 Å². The number of pyridine rings is 1. The van der Waals surface area contributed by atoms with Crippen molar-refractivity contribution in [1.82, 2.24) is 20.1 Å². The van der Waals surface area contributed by atoms with Gasteiger partial charge in [-0.1, -0.05) is 19.3 Å². The Morgan fingerprint density at radius 2 is 1.88 bits per heavy atom. The van der Waals surface area contributed by atoms with E-state index < -0.39 is 0 Å². The third-order valence-electron chi connectivity index (χ3n) is 7.80. The van der Waals surface area contributed by atoms with Gasteiger partial charge in [0.1, 0.15) is 5.56 Å². The second-order valence-corrected chi connectivity index (χ2v) is 9.61. The van der Waals surface area contributed by atoms with Crippen molar-refractivity contribution in [2.45, 2.75) is 56.5 Å². The first-order valence-corrected chi connectivity index (χ1v) is 11.7. The molecule has 0 spiro atoms. The summed E-state index contributed by atoms with van der Waals surface area (Å²) in [5.41, 5.74) is 1.26. The van der Waals surface area contributed by atoms with E-state index in [-0.39, 0.29) is 41.8 Å². The number of piperidine rings is 1. The molecule has 0 radical (unpaired) electrons. The van der Waals surface area contributed by atoms with Crippen LogP contribution in [-0.4, -0.2) is 66.9 Å². The van der Waals surface area contributed by atoms with Gasteiger partial charge in [-0.2, -0.15) is 0 Å². The minimum Gasteiger partial charge on any atom is -0.379 e. The highest BCUT2D eigenvalue weighted by Gasteiger charge is 2.39. The molecule has 0 unspecified atom stereocenters. The van der Waals surface area contributed by atoms with Gasteiger partial charge in [-0.15, -0.1) is 24.8 Å². The lowest BCUT2D eigenvalue weighted by molar-refractivity contribution is -0.0361. The number of amides is 1. The number of rotatable bonds is 4. The van der Waals surface area contributed by atoms with Crippen LogP contribution in [-0.2, 0) is 11.3 Å². The maximum absolute atomic E-state index is 13.2. The molecule has 0 aromatic carbocycles. The number of aromatic nitrogens is 1. The SMILES string of the molecule is Cl.Cl.O=C(NCC1(N2CCOCC2)CCCCC1)c1ccc2n(c1=O)C[C@@H]1CNC[C@H]2C1. The van der Waals surface area contributed by atoms with E-state index in [0.29, 0.717) is 23.9 Å². The van der Waals surface area contributed by atoms with Crippen molar-refractivity contribution < 1.29 is 9.53 Å². The molecule has 4 heterocycles. The summed E-state index contributed by atoms with van der Waals surface area (Å²) in [5, 5.41) is 6.63. The van der Waals surface area contributed by atoms with Gasteiger partial charge in [0.05, 0.1) is 13.2 Å². The molecule has 2 bridgehead atoms. The lowest BCUT2D eigenvalue weighted by atomic mass is 9.79.